The Bertz CT molecular complexity index is 1090. The number of amides is 1. The fraction of sp³-hybridized carbons (Fsp3) is 0.160. The van der Waals surface area contributed by atoms with E-state index in [-0.39, 0.29) is 11.8 Å². The van der Waals surface area contributed by atoms with Gasteiger partial charge in [-0.05, 0) is 41.3 Å². The smallest absolute Gasteiger partial charge is 0.220 e. The van der Waals surface area contributed by atoms with Crippen LogP contribution in [0.5, 0.6) is 0 Å². The Kier molecular flexibility index (Phi) is 5.97. The zero-order chi connectivity index (χ0) is 20.1. The van der Waals surface area contributed by atoms with Crippen LogP contribution in [0.3, 0.4) is 0 Å². The quantitative estimate of drug-likeness (QED) is 0.409. The van der Waals surface area contributed by atoms with Gasteiger partial charge in [0, 0.05) is 41.0 Å². The van der Waals surface area contributed by atoms with Crippen molar-refractivity contribution in [3.8, 4) is 0 Å². The zero-order valence-corrected chi connectivity index (χ0v) is 16.8. The average molecular weight is 403 g/mol. The summed E-state index contributed by atoms with van der Waals surface area (Å²) in [5.74, 6) is 0.00584. The summed E-state index contributed by atoms with van der Waals surface area (Å²) >= 11 is 6.08. The van der Waals surface area contributed by atoms with Gasteiger partial charge in [-0.3, -0.25) is 4.79 Å². The molecule has 146 valence electrons. The van der Waals surface area contributed by atoms with Gasteiger partial charge in [-0.25, -0.2) is 0 Å². The number of hydrogen-bond donors (Lipinski definition) is 2. The highest BCUT2D eigenvalue weighted by Gasteiger charge is 2.21. The van der Waals surface area contributed by atoms with Crippen molar-refractivity contribution in [1.82, 2.24) is 10.3 Å². The Labute approximate surface area is 175 Å². The first-order chi connectivity index (χ1) is 14.2. The first-order valence-corrected chi connectivity index (χ1v) is 10.2. The average Bonchev–Trinajstić information content (AvgIpc) is 3.17. The number of carbonyl (C=O) groups excluding carboxylic acids is 1. The normalized spacial score (nSPS) is 12.0. The minimum Gasteiger partial charge on any atom is -0.361 e. The zero-order valence-electron chi connectivity index (χ0n) is 16.1. The molecular weight excluding hydrogens is 380 g/mol. The van der Waals surface area contributed by atoms with Crippen molar-refractivity contribution < 1.29 is 4.79 Å². The van der Waals surface area contributed by atoms with Crippen LogP contribution in [0.4, 0.5) is 0 Å². The molecule has 0 saturated carbocycles. The standard InChI is InChI=1S/C25H23ClN2O/c26-20-12-10-19(11-13-20)22(23-17-28-24-9-5-4-8-21(23)24)16-25(29)27-15-14-18-6-2-1-3-7-18/h1-13,17,22,28H,14-16H2,(H,27,29). The molecule has 4 aromatic rings. The van der Waals surface area contributed by atoms with E-state index in [2.05, 4.69) is 34.6 Å². The maximum Gasteiger partial charge on any atom is 0.220 e. The summed E-state index contributed by atoms with van der Waals surface area (Å²) in [6, 6.07) is 26.2. The van der Waals surface area contributed by atoms with Crippen LogP contribution in [-0.4, -0.2) is 17.4 Å². The summed E-state index contributed by atoms with van der Waals surface area (Å²) < 4.78 is 0. The van der Waals surface area contributed by atoms with Crippen molar-refractivity contribution in [3.05, 3.63) is 107 Å². The molecule has 0 aliphatic carbocycles. The lowest BCUT2D eigenvalue weighted by atomic mass is 9.88. The predicted molar refractivity (Wildman–Crippen MR) is 119 cm³/mol. The van der Waals surface area contributed by atoms with E-state index in [9.17, 15) is 4.79 Å². The minimum absolute atomic E-state index is 0.0415. The van der Waals surface area contributed by atoms with E-state index in [0.29, 0.717) is 18.0 Å². The minimum atomic E-state index is -0.0415. The van der Waals surface area contributed by atoms with Gasteiger partial charge in [0.2, 0.25) is 5.91 Å². The Morgan fingerprint density at radius 1 is 0.931 bits per heavy atom. The Morgan fingerprint density at radius 2 is 1.66 bits per heavy atom. The molecule has 1 atom stereocenters. The third-order valence-corrected chi connectivity index (χ3v) is 5.49. The van der Waals surface area contributed by atoms with Crippen molar-refractivity contribution in [2.75, 3.05) is 6.54 Å². The lowest BCUT2D eigenvalue weighted by molar-refractivity contribution is -0.121. The molecule has 29 heavy (non-hydrogen) atoms. The molecule has 1 amide bonds. The Hall–Kier alpha value is -3.04. The van der Waals surface area contributed by atoms with Crippen LogP contribution >= 0.6 is 11.6 Å². The predicted octanol–water partition coefficient (Wildman–Crippen LogP) is 5.70. The molecule has 3 nitrogen and oxygen atoms in total. The summed E-state index contributed by atoms with van der Waals surface area (Å²) in [4.78, 5) is 16.1. The Morgan fingerprint density at radius 3 is 2.45 bits per heavy atom. The topological polar surface area (TPSA) is 44.9 Å². The summed E-state index contributed by atoms with van der Waals surface area (Å²) in [5.41, 5.74) is 4.50. The van der Waals surface area contributed by atoms with Crippen molar-refractivity contribution >= 4 is 28.4 Å². The third-order valence-electron chi connectivity index (χ3n) is 5.24. The second-order valence-corrected chi connectivity index (χ2v) is 7.62. The van der Waals surface area contributed by atoms with Crippen molar-refractivity contribution in [1.29, 1.82) is 0 Å². The molecule has 0 aliphatic rings. The van der Waals surface area contributed by atoms with E-state index in [1.165, 1.54) is 5.56 Å². The highest BCUT2D eigenvalue weighted by atomic mass is 35.5. The second kappa shape index (κ2) is 8.97. The lowest BCUT2D eigenvalue weighted by Crippen LogP contribution is -2.27. The van der Waals surface area contributed by atoms with Gasteiger partial charge in [0.1, 0.15) is 0 Å². The molecule has 0 fully saturated rings. The van der Waals surface area contributed by atoms with E-state index in [0.717, 1.165) is 28.5 Å². The molecule has 1 aromatic heterocycles. The van der Waals surface area contributed by atoms with Gasteiger partial charge in [0.05, 0.1) is 0 Å². The number of fused-ring (bicyclic) bond motifs is 1. The monoisotopic (exact) mass is 402 g/mol. The summed E-state index contributed by atoms with van der Waals surface area (Å²) in [7, 11) is 0. The highest BCUT2D eigenvalue weighted by Crippen LogP contribution is 2.33. The first kappa shape index (κ1) is 19.3. The van der Waals surface area contributed by atoms with Gasteiger partial charge in [-0.1, -0.05) is 72.3 Å². The van der Waals surface area contributed by atoms with Gasteiger partial charge in [0.25, 0.3) is 0 Å². The maximum atomic E-state index is 12.8. The van der Waals surface area contributed by atoms with Crippen molar-refractivity contribution in [2.24, 2.45) is 0 Å². The molecule has 0 bridgehead atoms. The molecule has 0 aliphatic heterocycles. The number of benzene rings is 3. The number of carbonyl (C=O) groups is 1. The number of aromatic amines is 1. The van der Waals surface area contributed by atoms with Crippen LogP contribution in [0.2, 0.25) is 5.02 Å². The van der Waals surface area contributed by atoms with Crippen LogP contribution < -0.4 is 5.32 Å². The van der Waals surface area contributed by atoms with Crippen LogP contribution in [-0.2, 0) is 11.2 Å². The van der Waals surface area contributed by atoms with Crippen LogP contribution in [0, 0.1) is 0 Å². The third kappa shape index (κ3) is 4.69. The summed E-state index contributed by atoms with van der Waals surface area (Å²) in [5, 5.41) is 4.91. The summed E-state index contributed by atoms with van der Waals surface area (Å²) in [6.45, 7) is 0.629. The van der Waals surface area contributed by atoms with Gasteiger partial charge < -0.3 is 10.3 Å². The number of para-hydroxylation sites is 1. The van der Waals surface area contributed by atoms with Gasteiger partial charge in [-0.2, -0.15) is 0 Å². The summed E-state index contributed by atoms with van der Waals surface area (Å²) in [6.07, 6.45) is 3.23. The molecule has 0 radical (unpaired) electrons. The highest BCUT2D eigenvalue weighted by molar-refractivity contribution is 6.30. The molecule has 2 N–H and O–H groups in total. The second-order valence-electron chi connectivity index (χ2n) is 7.18. The number of H-pyrrole nitrogens is 1. The number of rotatable bonds is 7. The van der Waals surface area contributed by atoms with Crippen LogP contribution in [0.15, 0.2) is 85.1 Å². The molecule has 0 saturated heterocycles. The molecule has 4 heteroatoms. The lowest BCUT2D eigenvalue weighted by Gasteiger charge is -2.17. The van der Waals surface area contributed by atoms with E-state index in [4.69, 9.17) is 11.6 Å². The van der Waals surface area contributed by atoms with Crippen LogP contribution in [0.1, 0.15) is 29.0 Å². The maximum absolute atomic E-state index is 12.8. The SMILES string of the molecule is O=C(CC(c1ccc(Cl)cc1)c1c[nH]c2ccccc12)NCCc1ccccc1. The Balaban J connectivity index is 1.52. The fourth-order valence-corrected chi connectivity index (χ4v) is 3.86. The molecule has 1 unspecified atom stereocenters. The molecule has 3 aromatic carbocycles. The van der Waals surface area contributed by atoms with E-state index in [1.54, 1.807) is 0 Å². The first-order valence-electron chi connectivity index (χ1n) is 9.83. The van der Waals surface area contributed by atoms with Gasteiger partial charge in [-0.15, -0.1) is 0 Å². The number of halogens is 1. The van der Waals surface area contributed by atoms with Crippen molar-refractivity contribution in [3.63, 3.8) is 0 Å². The number of hydrogen-bond acceptors (Lipinski definition) is 1. The van der Waals surface area contributed by atoms with Gasteiger partial charge >= 0.3 is 0 Å². The molecular formula is C25H23ClN2O. The van der Waals surface area contributed by atoms with Crippen molar-refractivity contribution in [2.45, 2.75) is 18.8 Å². The molecule has 1 heterocycles. The largest absolute Gasteiger partial charge is 0.361 e. The number of nitrogens with one attached hydrogen (secondary N) is 2. The van der Waals surface area contributed by atoms with E-state index in [1.807, 2.05) is 60.8 Å². The fourth-order valence-electron chi connectivity index (χ4n) is 3.73. The number of aromatic nitrogens is 1. The van der Waals surface area contributed by atoms with E-state index < -0.39 is 0 Å². The molecule has 4 rings (SSSR count). The van der Waals surface area contributed by atoms with E-state index >= 15 is 0 Å². The van der Waals surface area contributed by atoms with Gasteiger partial charge in [0.15, 0.2) is 0 Å². The van der Waals surface area contributed by atoms with Crippen LogP contribution in [0.25, 0.3) is 10.9 Å². The molecule has 0 spiro atoms.